The molecule has 5 heteroatoms. The zero-order valence-electron chi connectivity index (χ0n) is 12.5. The molecule has 1 aromatic carbocycles. The van der Waals surface area contributed by atoms with E-state index in [0.29, 0.717) is 5.82 Å². The number of nitrogens with one attached hydrogen (secondary N) is 2. The van der Waals surface area contributed by atoms with Crippen LogP contribution >= 0.6 is 0 Å². The molecule has 0 aliphatic carbocycles. The van der Waals surface area contributed by atoms with Gasteiger partial charge in [0.05, 0.1) is 12.6 Å². The molecule has 0 bridgehead atoms. The molecule has 0 radical (unpaired) electrons. The second kappa shape index (κ2) is 5.77. The third-order valence-electron chi connectivity index (χ3n) is 3.05. The van der Waals surface area contributed by atoms with Gasteiger partial charge in [0, 0.05) is 17.1 Å². The van der Waals surface area contributed by atoms with Crippen molar-refractivity contribution in [2.24, 2.45) is 0 Å². The number of nitrogens with zero attached hydrogens (tertiary/aromatic N) is 2. The van der Waals surface area contributed by atoms with Crippen LogP contribution in [0, 0.1) is 13.8 Å². The Labute approximate surface area is 118 Å². The molecule has 0 unspecified atom stereocenters. The molecule has 2 heterocycles. The van der Waals surface area contributed by atoms with Crippen molar-refractivity contribution in [3.63, 3.8) is 0 Å². The largest absolute Gasteiger partial charge is 0.496 e. The van der Waals surface area contributed by atoms with Crippen LogP contribution < -0.4 is 4.74 Å². The van der Waals surface area contributed by atoms with Crippen molar-refractivity contribution < 1.29 is 4.74 Å². The SMILES string of the molecule is CC.COc1ccc(-c2n[nH]c(C)n2)c2[nH]cc(C)c12. The van der Waals surface area contributed by atoms with Crippen LogP contribution in [0.25, 0.3) is 22.3 Å². The van der Waals surface area contributed by atoms with Gasteiger partial charge in [0.2, 0.25) is 0 Å². The maximum atomic E-state index is 5.39. The monoisotopic (exact) mass is 272 g/mol. The molecule has 0 spiro atoms. The normalized spacial score (nSPS) is 10.2. The van der Waals surface area contributed by atoms with Crippen LogP contribution in [0.4, 0.5) is 0 Å². The van der Waals surface area contributed by atoms with Crippen molar-refractivity contribution in [2.75, 3.05) is 7.11 Å². The van der Waals surface area contributed by atoms with Crippen LogP contribution in [0.1, 0.15) is 25.2 Å². The summed E-state index contributed by atoms with van der Waals surface area (Å²) in [4.78, 5) is 7.63. The summed E-state index contributed by atoms with van der Waals surface area (Å²) in [6.45, 7) is 7.94. The molecule has 106 valence electrons. The van der Waals surface area contributed by atoms with Gasteiger partial charge in [0.15, 0.2) is 5.82 Å². The predicted molar refractivity (Wildman–Crippen MR) is 81.0 cm³/mol. The van der Waals surface area contributed by atoms with Gasteiger partial charge >= 0.3 is 0 Å². The fraction of sp³-hybridized carbons (Fsp3) is 0.333. The lowest BCUT2D eigenvalue weighted by Gasteiger charge is -2.05. The first-order chi connectivity index (χ1) is 9.70. The third-order valence-corrected chi connectivity index (χ3v) is 3.05. The van der Waals surface area contributed by atoms with Crippen LogP contribution in [0.15, 0.2) is 18.3 Å². The van der Waals surface area contributed by atoms with Gasteiger partial charge in [-0.2, -0.15) is 5.10 Å². The fourth-order valence-corrected chi connectivity index (χ4v) is 2.20. The van der Waals surface area contributed by atoms with E-state index in [2.05, 4.69) is 20.2 Å². The number of H-pyrrole nitrogens is 2. The average Bonchev–Trinajstić information content (AvgIpc) is 3.07. The smallest absolute Gasteiger partial charge is 0.183 e. The van der Waals surface area contributed by atoms with E-state index in [-0.39, 0.29) is 0 Å². The van der Waals surface area contributed by atoms with Crippen LogP contribution in [-0.4, -0.2) is 27.3 Å². The van der Waals surface area contributed by atoms with Gasteiger partial charge in [-0.3, -0.25) is 5.10 Å². The fourth-order valence-electron chi connectivity index (χ4n) is 2.20. The van der Waals surface area contributed by atoms with Crippen molar-refractivity contribution >= 4 is 10.9 Å². The minimum atomic E-state index is 0.696. The number of benzene rings is 1. The van der Waals surface area contributed by atoms with Gasteiger partial charge < -0.3 is 9.72 Å². The van der Waals surface area contributed by atoms with E-state index >= 15 is 0 Å². The minimum Gasteiger partial charge on any atom is -0.496 e. The standard InChI is InChI=1S/C13H14N4O.C2H6/c1-7-6-14-12-9(13-15-8(2)16-17-13)4-5-10(18-3)11(7)12;1-2/h4-6,14H,1-3H3,(H,15,16,17);1-2H3. The molecule has 5 nitrogen and oxygen atoms in total. The second-order valence-corrected chi connectivity index (χ2v) is 4.28. The summed E-state index contributed by atoms with van der Waals surface area (Å²) < 4.78 is 5.39. The zero-order valence-corrected chi connectivity index (χ0v) is 12.5. The number of aromatic amines is 2. The molecule has 2 aromatic heterocycles. The highest BCUT2D eigenvalue weighted by molar-refractivity contribution is 5.98. The average molecular weight is 272 g/mol. The molecule has 3 rings (SSSR count). The van der Waals surface area contributed by atoms with Gasteiger partial charge in [-0.15, -0.1) is 0 Å². The van der Waals surface area contributed by atoms with Crippen LogP contribution in [0.5, 0.6) is 5.75 Å². The quantitative estimate of drug-likeness (QED) is 0.749. The Morgan fingerprint density at radius 1 is 1.15 bits per heavy atom. The second-order valence-electron chi connectivity index (χ2n) is 4.28. The molecule has 0 amide bonds. The number of hydrogen-bond acceptors (Lipinski definition) is 3. The summed E-state index contributed by atoms with van der Waals surface area (Å²) >= 11 is 0. The molecule has 0 aliphatic rings. The van der Waals surface area contributed by atoms with E-state index < -0.39 is 0 Å². The molecule has 20 heavy (non-hydrogen) atoms. The number of aromatic nitrogens is 4. The molecule has 0 saturated carbocycles. The van der Waals surface area contributed by atoms with Gasteiger partial charge in [-0.05, 0) is 31.5 Å². The van der Waals surface area contributed by atoms with E-state index in [4.69, 9.17) is 4.74 Å². The number of rotatable bonds is 2. The number of methoxy groups -OCH3 is 1. The molecule has 0 atom stereocenters. The van der Waals surface area contributed by atoms with Crippen LogP contribution in [0.2, 0.25) is 0 Å². The number of hydrogen-bond donors (Lipinski definition) is 2. The molecule has 0 saturated heterocycles. The highest BCUT2D eigenvalue weighted by Crippen LogP contribution is 2.34. The Bertz CT molecular complexity index is 712. The summed E-state index contributed by atoms with van der Waals surface area (Å²) in [6.07, 6.45) is 1.97. The first-order valence-electron chi connectivity index (χ1n) is 6.74. The summed E-state index contributed by atoms with van der Waals surface area (Å²) in [5.74, 6) is 2.36. The van der Waals surface area contributed by atoms with E-state index in [1.54, 1.807) is 7.11 Å². The molecular formula is C15H20N4O. The summed E-state index contributed by atoms with van der Waals surface area (Å²) in [5.41, 5.74) is 3.13. The van der Waals surface area contributed by atoms with E-state index in [9.17, 15) is 0 Å². The van der Waals surface area contributed by atoms with E-state index in [1.165, 1.54) is 0 Å². The lowest BCUT2D eigenvalue weighted by molar-refractivity contribution is 0.420. The lowest BCUT2D eigenvalue weighted by atomic mass is 10.1. The molecular weight excluding hydrogens is 252 g/mol. The van der Waals surface area contributed by atoms with Gasteiger partial charge in [0.1, 0.15) is 11.6 Å². The van der Waals surface area contributed by atoms with Gasteiger partial charge in [-0.1, -0.05) is 13.8 Å². The molecule has 2 N–H and O–H groups in total. The Balaban J connectivity index is 0.000000704. The Morgan fingerprint density at radius 2 is 1.90 bits per heavy atom. The summed E-state index contributed by atoms with van der Waals surface area (Å²) in [7, 11) is 1.68. The zero-order chi connectivity index (χ0) is 14.7. The number of ether oxygens (including phenoxy) is 1. The highest BCUT2D eigenvalue weighted by atomic mass is 16.5. The van der Waals surface area contributed by atoms with Crippen LogP contribution in [-0.2, 0) is 0 Å². The maximum Gasteiger partial charge on any atom is 0.183 e. The summed E-state index contributed by atoms with van der Waals surface area (Å²) in [5, 5.41) is 8.15. The van der Waals surface area contributed by atoms with E-state index in [0.717, 1.165) is 33.6 Å². The highest BCUT2D eigenvalue weighted by Gasteiger charge is 2.14. The molecule has 3 aromatic rings. The third kappa shape index (κ3) is 2.27. The summed E-state index contributed by atoms with van der Waals surface area (Å²) in [6, 6.07) is 3.92. The topological polar surface area (TPSA) is 66.6 Å². The lowest BCUT2D eigenvalue weighted by Crippen LogP contribution is -1.88. The van der Waals surface area contributed by atoms with Crippen molar-refractivity contribution in [3.8, 4) is 17.1 Å². The van der Waals surface area contributed by atoms with Crippen molar-refractivity contribution in [1.29, 1.82) is 0 Å². The Kier molecular flexibility index (Phi) is 4.08. The minimum absolute atomic E-state index is 0.696. The number of aryl methyl sites for hydroxylation is 2. The first kappa shape index (κ1) is 14.1. The van der Waals surface area contributed by atoms with Crippen LogP contribution in [0.3, 0.4) is 0 Å². The number of fused-ring (bicyclic) bond motifs is 1. The predicted octanol–water partition coefficient (Wildman–Crippen LogP) is 3.60. The van der Waals surface area contributed by atoms with Crippen molar-refractivity contribution in [1.82, 2.24) is 20.2 Å². The first-order valence-corrected chi connectivity index (χ1v) is 6.74. The van der Waals surface area contributed by atoms with Gasteiger partial charge in [-0.25, -0.2) is 4.98 Å². The van der Waals surface area contributed by atoms with Crippen molar-refractivity contribution in [2.45, 2.75) is 27.7 Å². The molecule has 0 aliphatic heterocycles. The Morgan fingerprint density at radius 3 is 2.50 bits per heavy atom. The Hall–Kier alpha value is -2.30. The van der Waals surface area contributed by atoms with Crippen molar-refractivity contribution in [3.05, 3.63) is 29.7 Å². The molecule has 0 fully saturated rings. The maximum absolute atomic E-state index is 5.39. The van der Waals surface area contributed by atoms with Gasteiger partial charge in [0.25, 0.3) is 0 Å². The van der Waals surface area contributed by atoms with E-state index in [1.807, 2.05) is 46.0 Å².